The maximum absolute atomic E-state index is 12.9. The third-order valence-corrected chi connectivity index (χ3v) is 5.96. The molecule has 1 saturated heterocycles. The second kappa shape index (κ2) is 6.54. The van der Waals surface area contributed by atoms with Crippen molar-refractivity contribution >= 4 is 11.7 Å². The Kier molecular flexibility index (Phi) is 4.35. The maximum Gasteiger partial charge on any atom is 0.229 e. The lowest BCUT2D eigenvalue weighted by Gasteiger charge is -2.23. The largest absolute Gasteiger partial charge is 0.317 e. The Morgan fingerprint density at radius 3 is 2.62 bits per heavy atom. The molecule has 1 saturated carbocycles. The van der Waals surface area contributed by atoms with E-state index in [4.69, 9.17) is 5.10 Å². The van der Waals surface area contributed by atoms with Crippen LogP contribution in [0.3, 0.4) is 0 Å². The van der Waals surface area contributed by atoms with Gasteiger partial charge in [-0.3, -0.25) is 4.79 Å². The van der Waals surface area contributed by atoms with Gasteiger partial charge in [0.2, 0.25) is 5.91 Å². The average molecular weight is 352 g/mol. The average Bonchev–Trinajstić information content (AvgIpc) is 3.14. The molecular weight excluding hydrogens is 324 g/mol. The summed E-state index contributed by atoms with van der Waals surface area (Å²) in [6.07, 6.45) is 3.25. The van der Waals surface area contributed by atoms with Gasteiger partial charge in [0.1, 0.15) is 5.82 Å². The molecule has 26 heavy (non-hydrogen) atoms. The number of hydrogen-bond donors (Lipinski definition) is 2. The summed E-state index contributed by atoms with van der Waals surface area (Å²) in [5.41, 5.74) is 3.42. The number of carbonyl (C=O) groups is 1. The van der Waals surface area contributed by atoms with Crippen LogP contribution in [0, 0.1) is 18.3 Å². The molecule has 2 N–H and O–H groups in total. The molecule has 1 atom stereocenters. The Hall–Kier alpha value is -2.14. The first-order valence-corrected chi connectivity index (χ1v) is 9.67. The molecule has 1 aliphatic heterocycles. The molecule has 0 radical (unpaired) electrons. The van der Waals surface area contributed by atoms with Crippen LogP contribution in [0.1, 0.15) is 50.3 Å². The van der Waals surface area contributed by atoms with Crippen molar-refractivity contribution in [3.05, 3.63) is 41.6 Å². The van der Waals surface area contributed by atoms with Gasteiger partial charge in [-0.1, -0.05) is 31.5 Å². The molecule has 2 aliphatic rings. The lowest BCUT2D eigenvalue weighted by molar-refractivity contribution is -0.118. The van der Waals surface area contributed by atoms with Crippen LogP contribution in [-0.4, -0.2) is 28.8 Å². The molecule has 1 amide bonds. The van der Waals surface area contributed by atoms with Gasteiger partial charge in [-0.25, -0.2) is 4.68 Å². The zero-order valence-corrected chi connectivity index (χ0v) is 15.9. The number of benzene rings is 1. The minimum Gasteiger partial charge on any atom is -0.317 e. The molecule has 2 fully saturated rings. The van der Waals surface area contributed by atoms with Crippen LogP contribution in [0.5, 0.6) is 0 Å². The molecule has 1 aromatic carbocycles. The van der Waals surface area contributed by atoms with E-state index < -0.39 is 0 Å². The predicted molar refractivity (Wildman–Crippen MR) is 104 cm³/mol. The van der Waals surface area contributed by atoms with Gasteiger partial charge in [-0.05, 0) is 62.7 Å². The highest BCUT2D eigenvalue weighted by Crippen LogP contribution is 2.58. The highest BCUT2D eigenvalue weighted by molar-refractivity contribution is 5.94. The lowest BCUT2D eigenvalue weighted by Crippen LogP contribution is -2.31. The summed E-state index contributed by atoms with van der Waals surface area (Å²) in [6.45, 7) is 8.38. The molecule has 0 bridgehead atoms. The van der Waals surface area contributed by atoms with Gasteiger partial charge in [0.05, 0.1) is 11.4 Å². The Balaban J connectivity index is 1.57. The number of hydrogen-bond acceptors (Lipinski definition) is 3. The lowest BCUT2D eigenvalue weighted by atomic mass is 9.92. The fraction of sp³-hybridized carbons (Fsp3) is 0.524. The molecule has 1 unspecified atom stereocenters. The number of carbonyl (C=O) groups excluding carboxylic acids is 1. The van der Waals surface area contributed by atoms with Gasteiger partial charge < -0.3 is 10.6 Å². The topological polar surface area (TPSA) is 59.0 Å². The number of nitrogens with one attached hydrogen (secondary N) is 2. The Morgan fingerprint density at radius 1 is 1.27 bits per heavy atom. The van der Waals surface area contributed by atoms with E-state index in [0.717, 1.165) is 49.6 Å². The number of nitrogens with zero attached hydrogens (tertiary/aromatic N) is 2. The Morgan fingerprint density at radius 2 is 1.96 bits per heavy atom. The number of piperidine rings is 1. The molecule has 2 aromatic rings. The van der Waals surface area contributed by atoms with E-state index in [1.54, 1.807) is 0 Å². The van der Waals surface area contributed by atoms with E-state index >= 15 is 0 Å². The zero-order chi connectivity index (χ0) is 18.3. The van der Waals surface area contributed by atoms with Crippen LogP contribution in [0.4, 0.5) is 5.82 Å². The molecule has 138 valence electrons. The molecule has 5 nitrogen and oxygen atoms in total. The molecule has 4 rings (SSSR count). The fourth-order valence-corrected chi connectivity index (χ4v) is 4.06. The highest BCUT2D eigenvalue weighted by Gasteiger charge is 2.57. The van der Waals surface area contributed by atoms with Crippen molar-refractivity contribution in [2.24, 2.45) is 11.3 Å². The normalized spacial score (nSPS) is 21.2. The third-order valence-electron chi connectivity index (χ3n) is 5.96. The molecular formula is C21H28N4O. The Bertz CT molecular complexity index is 800. The Labute approximate surface area is 155 Å². The maximum atomic E-state index is 12.9. The van der Waals surface area contributed by atoms with Gasteiger partial charge in [0, 0.05) is 12.0 Å². The van der Waals surface area contributed by atoms with Crippen molar-refractivity contribution < 1.29 is 4.79 Å². The molecule has 2 heterocycles. The molecule has 1 aromatic heterocycles. The summed E-state index contributed by atoms with van der Waals surface area (Å²) >= 11 is 0. The van der Waals surface area contributed by atoms with Crippen LogP contribution in [0.15, 0.2) is 30.3 Å². The first-order valence-electron chi connectivity index (χ1n) is 9.67. The minimum absolute atomic E-state index is 0.147. The second-order valence-electron chi connectivity index (χ2n) is 8.21. The second-order valence-corrected chi connectivity index (χ2v) is 8.21. The summed E-state index contributed by atoms with van der Waals surface area (Å²) in [7, 11) is 0. The van der Waals surface area contributed by atoms with Crippen molar-refractivity contribution in [2.75, 3.05) is 18.4 Å². The number of aryl methyl sites for hydroxylation is 1. The predicted octanol–water partition coefficient (Wildman–Crippen LogP) is 3.63. The van der Waals surface area contributed by atoms with Gasteiger partial charge in [0.15, 0.2) is 0 Å². The van der Waals surface area contributed by atoms with E-state index in [9.17, 15) is 4.79 Å². The van der Waals surface area contributed by atoms with Crippen molar-refractivity contribution in [3.63, 3.8) is 0 Å². The van der Waals surface area contributed by atoms with Crippen LogP contribution in [0.2, 0.25) is 0 Å². The van der Waals surface area contributed by atoms with Crippen LogP contribution in [-0.2, 0) is 4.79 Å². The number of aromatic nitrogens is 2. The quantitative estimate of drug-likeness (QED) is 0.883. The standard InChI is InChI=1S/C21H28N4O/c1-14(2)18-12-19(25(24-18)16-6-4-15(3)5-7-16)23-20(26)17-13-21(17)8-10-22-11-9-21/h4-7,12,14,17,22H,8-11,13H2,1-3H3,(H,23,26). The highest BCUT2D eigenvalue weighted by atomic mass is 16.2. The molecule has 5 heteroatoms. The summed E-state index contributed by atoms with van der Waals surface area (Å²) in [4.78, 5) is 12.9. The minimum atomic E-state index is 0.147. The van der Waals surface area contributed by atoms with Crippen molar-refractivity contribution in [1.82, 2.24) is 15.1 Å². The summed E-state index contributed by atoms with van der Waals surface area (Å²) in [5.74, 6) is 1.39. The monoisotopic (exact) mass is 352 g/mol. The first-order chi connectivity index (χ1) is 12.5. The number of amides is 1. The summed E-state index contributed by atoms with van der Waals surface area (Å²) in [5, 5.41) is 11.3. The van der Waals surface area contributed by atoms with E-state index in [1.165, 1.54) is 5.56 Å². The first kappa shape index (κ1) is 17.3. The van der Waals surface area contributed by atoms with Crippen molar-refractivity contribution in [3.8, 4) is 5.69 Å². The van der Waals surface area contributed by atoms with E-state index in [0.29, 0.717) is 5.92 Å². The van der Waals surface area contributed by atoms with Crippen LogP contribution >= 0.6 is 0 Å². The zero-order valence-electron chi connectivity index (χ0n) is 15.9. The molecule has 1 aliphatic carbocycles. The summed E-state index contributed by atoms with van der Waals surface area (Å²) < 4.78 is 1.87. The molecule has 1 spiro atoms. The van der Waals surface area contributed by atoms with Gasteiger partial charge in [-0.2, -0.15) is 5.10 Å². The smallest absolute Gasteiger partial charge is 0.229 e. The van der Waals surface area contributed by atoms with E-state index in [-0.39, 0.29) is 17.2 Å². The number of anilines is 1. The van der Waals surface area contributed by atoms with E-state index in [1.807, 2.05) is 22.9 Å². The SMILES string of the molecule is Cc1ccc(-n2nc(C(C)C)cc2NC(=O)C2CC23CCNCC3)cc1. The van der Waals surface area contributed by atoms with Gasteiger partial charge >= 0.3 is 0 Å². The van der Waals surface area contributed by atoms with Crippen molar-refractivity contribution in [2.45, 2.75) is 46.0 Å². The van der Waals surface area contributed by atoms with Crippen LogP contribution in [0.25, 0.3) is 5.69 Å². The number of rotatable bonds is 4. The van der Waals surface area contributed by atoms with Crippen molar-refractivity contribution in [1.29, 1.82) is 0 Å². The van der Waals surface area contributed by atoms with Crippen LogP contribution < -0.4 is 10.6 Å². The van der Waals surface area contributed by atoms with E-state index in [2.05, 4.69) is 43.5 Å². The van der Waals surface area contributed by atoms with Gasteiger partial charge in [0.25, 0.3) is 0 Å². The third kappa shape index (κ3) is 3.16. The fourth-order valence-electron chi connectivity index (χ4n) is 4.06. The summed E-state index contributed by atoms with van der Waals surface area (Å²) in [6, 6.07) is 10.3. The van der Waals surface area contributed by atoms with Gasteiger partial charge in [-0.15, -0.1) is 0 Å².